The molecule has 2 aliphatic rings. The summed E-state index contributed by atoms with van der Waals surface area (Å²) in [7, 11) is 0. The van der Waals surface area contributed by atoms with E-state index < -0.39 is 5.60 Å². The summed E-state index contributed by atoms with van der Waals surface area (Å²) in [5.41, 5.74) is 0.498. The van der Waals surface area contributed by atoms with Crippen LogP contribution in [-0.2, 0) is 5.60 Å². The lowest BCUT2D eigenvalue weighted by Gasteiger charge is -2.54. The number of rotatable bonds is 2. The summed E-state index contributed by atoms with van der Waals surface area (Å²) < 4.78 is 0. The molecule has 0 spiro atoms. The molecule has 1 aromatic carbocycles. The van der Waals surface area contributed by atoms with Crippen molar-refractivity contribution in [2.24, 2.45) is 0 Å². The van der Waals surface area contributed by atoms with E-state index in [1.165, 1.54) is 19.3 Å². The maximum absolute atomic E-state index is 11.1. The predicted molar refractivity (Wildman–Crippen MR) is 78.0 cm³/mol. The van der Waals surface area contributed by atoms with E-state index in [0.29, 0.717) is 18.1 Å². The molecule has 0 unspecified atom stereocenters. The van der Waals surface area contributed by atoms with Crippen LogP contribution < -0.4 is 0 Å². The molecule has 1 N–H and O–H groups in total. The van der Waals surface area contributed by atoms with E-state index in [1.807, 2.05) is 18.2 Å². The van der Waals surface area contributed by atoms with Crippen molar-refractivity contribution in [2.45, 2.75) is 69.7 Å². The molecule has 2 fully saturated rings. The SMILES string of the molecule is CC(C)N1[C@H]2CCC[C@H]1CC(O)(c1ccccc1)C2. The van der Waals surface area contributed by atoms with Gasteiger partial charge in [0.2, 0.25) is 0 Å². The first-order valence-electron chi connectivity index (χ1n) is 7.65. The Morgan fingerprint density at radius 1 is 1.11 bits per heavy atom. The zero-order valence-corrected chi connectivity index (χ0v) is 12.0. The van der Waals surface area contributed by atoms with Gasteiger partial charge in [0.05, 0.1) is 5.60 Å². The Bertz CT molecular complexity index is 414. The Labute approximate surface area is 116 Å². The highest BCUT2D eigenvalue weighted by molar-refractivity contribution is 5.24. The summed E-state index contributed by atoms with van der Waals surface area (Å²) in [6.45, 7) is 4.58. The first-order chi connectivity index (χ1) is 9.10. The molecule has 2 nitrogen and oxygen atoms in total. The van der Waals surface area contributed by atoms with E-state index in [4.69, 9.17) is 0 Å². The zero-order chi connectivity index (χ0) is 13.5. The number of fused-ring (bicyclic) bond motifs is 2. The fourth-order valence-corrected chi connectivity index (χ4v) is 4.29. The molecule has 3 rings (SSSR count). The van der Waals surface area contributed by atoms with Gasteiger partial charge >= 0.3 is 0 Å². The third kappa shape index (κ3) is 2.32. The van der Waals surface area contributed by atoms with Crippen LogP contribution in [0.25, 0.3) is 0 Å². The molecule has 0 aromatic heterocycles. The summed E-state index contributed by atoms with van der Waals surface area (Å²) in [6, 6.07) is 12.0. The highest BCUT2D eigenvalue weighted by Crippen LogP contribution is 2.44. The fourth-order valence-electron chi connectivity index (χ4n) is 4.29. The maximum Gasteiger partial charge on any atom is 0.0926 e. The Hall–Kier alpha value is -0.860. The molecule has 2 saturated heterocycles. The molecule has 2 aliphatic heterocycles. The topological polar surface area (TPSA) is 23.5 Å². The molecule has 2 heterocycles. The van der Waals surface area contributed by atoms with Gasteiger partial charge in [-0.3, -0.25) is 4.90 Å². The highest BCUT2D eigenvalue weighted by atomic mass is 16.3. The molecule has 0 saturated carbocycles. The summed E-state index contributed by atoms with van der Waals surface area (Å²) >= 11 is 0. The zero-order valence-electron chi connectivity index (χ0n) is 12.0. The van der Waals surface area contributed by atoms with Crippen LogP contribution in [0.15, 0.2) is 30.3 Å². The van der Waals surface area contributed by atoms with Crippen molar-refractivity contribution in [1.82, 2.24) is 4.90 Å². The lowest BCUT2D eigenvalue weighted by molar-refractivity contribution is -0.107. The predicted octanol–water partition coefficient (Wildman–Crippen LogP) is 3.30. The number of aliphatic hydroxyl groups is 1. The molecule has 1 aromatic rings. The standard InChI is InChI=1S/C17H25NO/c1-13(2)18-15-9-6-10-16(18)12-17(19,11-15)14-7-4-3-5-8-14/h3-5,7-8,13,15-16,19H,6,9-12H2,1-2H3/t15-,16-/m0/s1. The first-order valence-corrected chi connectivity index (χ1v) is 7.65. The van der Waals surface area contributed by atoms with Crippen molar-refractivity contribution < 1.29 is 5.11 Å². The van der Waals surface area contributed by atoms with Gasteiger partial charge in [-0.2, -0.15) is 0 Å². The Morgan fingerprint density at radius 3 is 2.21 bits per heavy atom. The van der Waals surface area contributed by atoms with E-state index in [-0.39, 0.29) is 0 Å². The van der Waals surface area contributed by atoms with Crippen LogP contribution in [0.2, 0.25) is 0 Å². The van der Waals surface area contributed by atoms with E-state index in [2.05, 4.69) is 30.9 Å². The summed E-state index contributed by atoms with van der Waals surface area (Å²) in [4.78, 5) is 2.65. The second-order valence-corrected chi connectivity index (χ2v) is 6.59. The molecule has 0 amide bonds. The van der Waals surface area contributed by atoms with Gasteiger partial charge in [0.1, 0.15) is 0 Å². The highest BCUT2D eigenvalue weighted by Gasteiger charge is 2.46. The number of nitrogens with zero attached hydrogens (tertiary/aromatic N) is 1. The van der Waals surface area contributed by atoms with Crippen LogP contribution >= 0.6 is 0 Å². The number of benzene rings is 1. The van der Waals surface area contributed by atoms with Crippen molar-refractivity contribution in [2.75, 3.05) is 0 Å². The smallest absolute Gasteiger partial charge is 0.0926 e. The van der Waals surface area contributed by atoms with Crippen LogP contribution in [0, 0.1) is 0 Å². The summed E-state index contributed by atoms with van der Waals surface area (Å²) in [5.74, 6) is 0. The van der Waals surface area contributed by atoms with Crippen molar-refractivity contribution in [1.29, 1.82) is 0 Å². The van der Waals surface area contributed by atoms with Crippen LogP contribution in [0.4, 0.5) is 0 Å². The van der Waals surface area contributed by atoms with Gasteiger partial charge in [-0.1, -0.05) is 36.8 Å². The number of hydrogen-bond acceptors (Lipinski definition) is 2. The maximum atomic E-state index is 11.1. The first kappa shape index (κ1) is 13.1. The Kier molecular flexibility index (Phi) is 3.40. The normalized spacial score (nSPS) is 35.6. The van der Waals surface area contributed by atoms with Crippen molar-refractivity contribution in [3.63, 3.8) is 0 Å². The third-order valence-corrected chi connectivity index (χ3v) is 4.97. The van der Waals surface area contributed by atoms with Crippen molar-refractivity contribution >= 4 is 0 Å². The third-order valence-electron chi connectivity index (χ3n) is 4.97. The number of hydrogen-bond donors (Lipinski definition) is 1. The molecule has 0 aliphatic carbocycles. The molecule has 2 atom stereocenters. The van der Waals surface area contributed by atoms with Crippen LogP contribution in [0.3, 0.4) is 0 Å². The van der Waals surface area contributed by atoms with Gasteiger partial charge in [0, 0.05) is 18.1 Å². The second kappa shape index (κ2) is 4.92. The molecule has 2 heteroatoms. The Morgan fingerprint density at radius 2 is 1.68 bits per heavy atom. The molecule has 19 heavy (non-hydrogen) atoms. The molecular weight excluding hydrogens is 234 g/mol. The summed E-state index contributed by atoms with van der Waals surface area (Å²) in [6.07, 6.45) is 5.59. The molecule has 0 radical (unpaired) electrons. The van der Waals surface area contributed by atoms with E-state index in [0.717, 1.165) is 18.4 Å². The Balaban J connectivity index is 1.89. The second-order valence-electron chi connectivity index (χ2n) is 6.59. The van der Waals surface area contributed by atoms with Gasteiger partial charge in [-0.15, -0.1) is 0 Å². The molecular formula is C17H25NO. The van der Waals surface area contributed by atoms with Crippen LogP contribution in [0.1, 0.15) is 51.5 Å². The van der Waals surface area contributed by atoms with Gasteiger partial charge in [0.15, 0.2) is 0 Å². The summed E-state index contributed by atoms with van der Waals surface area (Å²) in [5, 5.41) is 11.1. The number of piperidine rings is 2. The van der Waals surface area contributed by atoms with Gasteiger partial charge in [-0.25, -0.2) is 0 Å². The van der Waals surface area contributed by atoms with Crippen LogP contribution in [0.5, 0.6) is 0 Å². The van der Waals surface area contributed by atoms with E-state index in [9.17, 15) is 5.11 Å². The average Bonchev–Trinajstić information content (AvgIpc) is 2.38. The largest absolute Gasteiger partial charge is 0.385 e. The van der Waals surface area contributed by atoms with E-state index in [1.54, 1.807) is 0 Å². The molecule has 2 bridgehead atoms. The minimum atomic E-state index is -0.609. The van der Waals surface area contributed by atoms with E-state index >= 15 is 0 Å². The minimum absolute atomic E-state index is 0.553. The fraction of sp³-hybridized carbons (Fsp3) is 0.647. The average molecular weight is 259 g/mol. The lowest BCUT2D eigenvalue weighted by atomic mass is 9.72. The van der Waals surface area contributed by atoms with Gasteiger partial charge in [-0.05, 0) is 45.1 Å². The molecule has 104 valence electrons. The van der Waals surface area contributed by atoms with Crippen molar-refractivity contribution in [3.05, 3.63) is 35.9 Å². The minimum Gasteiger partial charge on any atom is -0.385 e. The van der Waals surface area contributed by atoms with Gasteiger partial charge in [0.25, 0.3) is 0 Å². The lowest BCUT2D eigenvalue weighted by Crippen LogP contribution is -2.58. The monoisotopic (exact) mass is 259 g/mol. The van der Waals surface area contributed by atoms with Crippen LogP contribution in [-0.4, -0.2) is 28.1 Å². The van der Waals surface area contributed by atoms with Gasteiger partial charge < -0.3 is 5.11 Å². The van der Waals surface area contributed by atoms with Crippen molar-refractivity contribution in [3.8, 4) is 0 Å². The quantitative estimate of drug-likeness (QED) is 0.881.